The van der Waals surface area contributed by atoms with Gasteiger partial charge in [0, 0.05) is 18.2 Å². The number of aromatic hydroxyl groups is 2. The van der Waals surface area contributed by atoms with Crippen LogP contribution in [0.25, 0.3) is 0 Å². The number of benzene rings is 2. The number of anilines is 1. The van der Waals surface area contributed by atoms with Crippen molar-refractivity contribution in [3.05, 3.63) is 70.1 Å². The first-order valence-electron chi connectivity index (χ1n) is 7.33. The second kappa shape index (κ2) is 7.11. The predicted octanol–water partition coefficient (Wildman–Crippen LogP) is 4.50. The lowest BCUT2D eigenvalue weighted by Crippen LogP contribution is -2.18. The summed E-state index contributed by atoms with van der Waals surface area (Å²) in [5, 5.41) is 32.0. The van der Waals surface area contributed by atoms with Crippen LogP contribution in [0, 0.1) is 0 Å². The third kappa shape index (κ3) is 3.82. The van der Waals surface area contributed by atoms with Gasteiger partial charge < -0.3 is 20.6 Å². The molecule has 0 aromatic heterocycles. The standard InChI is InChI=1S/C18H12Cl2N2O4/c19-11-5-9(23)1-3-13(11)21-15-7-16(18(26)8-17(15)25)22-14-4-2-10(24)6-12(14)20/h1-8,21,23-24,26H/b22-16-. The highest BCUT2D eigenvalue weighted by atomic mass is 35.5. The number of allylic oxidation sites excluding steroid dienone is 2. The average Bonchev–Trinajstić information content (AvgIpc) is 2.56. The zero-order valence-electron chi connectivity index (χ0n) is 13.1. The van der Waals surface area contributed by atoms with E-state index in [1.54, 1.807) is 0 Å². The number of rotatable bonds is 3. The Morgan fingerprint density at radius 1 is 0.885 bits per heavy atom. The molecule has 2 aromatic rings. The Morgan fingerprint density at radius 2 is 1.54 bits per heavy atom. The molecule has 8 heteroatoms. The number of hydrogen-bond donors (Lipinski definition) is 4. The Labute approximate surface area is 158 Å². The van der Waals surface area contributed by atoms with Crippen LogP contribution in [0.1, 0.15) is 0 Å². The maximum atomic E-state index is 12.1. The molecule has 0 unspecified atom stereocenters. The molecular weight excluding hydrogens is 379 g/mol. The number of aliphatic imine (C=N–C) groups is 1. The van der Waals surface area contributed by atoms with Gasteiger partial charge in [0.2, 0.25) is 5.78 Å². The molecule has 26 heavy (non-hydrogen) atoms. The Balaban J connectivity index is 1.96. The van der Waals surface area contributed by atoms with Gasteiger partial charge in [0.05, 0.1) is 27.1 Å². The number of ketones is 1. The molecule has 0 bridgehead atoms. The van der Waals surface area contributed by atoms with Crippen LogP contribution >= 0.6 is 23.2 Å². The number of carbonyl (C=O) groups is 1. The summed E-state index contributed by atoms with van der Waals surface area (Å²) in [6.07, 6.45) is 2.37. The molecular formula is C18H12Cl2N2O4. The van der Waals surface area contributed by atoms with Crippen LogP contribution in [0.15, 0.2) is 65.0 Å². The first-order valence-corrected chi connectivity index (χ1v) is 8.09. The van der Waals surface area contributed by atoms with Gasteiger partial charge in [0.15, 0.2) is 0 Å². The van der Waals surface area contributed by atoms with Crippen molar-refractivity contribution < 1.29 is 20.1 Å². The SMILES string of the molecule is O=C1C=C(O)/C(=N\c2ccc(O)cc2Cl)C=C1Nc1ccc(O)cc1Cl. The second-order valence-electron chi connectivity index (χ2n) is 5.37. The topological polar surface area (TPSA) is 102 Å². The van der Waals surface area contributed by atoms with Crippen LogP contribution < -0.4 is 5.32 Å². The minimum Gasteiger partial charge on any atom is -0.508 e. The molecule has 1 aliphatic carbocycles. The zero-order chi connectivity index (χ0) is 18.8. The van der Waals surface area contributed by atoms with Crippen LogP contribution in [0.5, 0.6) is 11.5 Å². The van der Waals surface area contributed by atoms with Gasteiger partial charge in [0.1, 0.15) is 23.0 Å². The molecule has 4 N–H and O–H groups in total. The lowest BCUT2D eigenvalue weighted by Gasteiger charge is -2.15. The monoisotopic (exact) mass is 390 g/mol. The zero-order valence-corrected chi connectivity index (χ0v) is 14.6. The fraction of sp³-hybridized carbons (Fsp3) is 0. The Hall–Kier alpha value is -2.96. The number of carbonyl (C=O) groups excluding carboxylic acids is 1. The summed E-state index contributed by atoms with van der Waals surface area (Å²) < 4.78 is 0. The van der Waals surface area contributed by atoms with E-state index in [0.29, 0.717) is 11.4 Å². The lowest BCUT2D eigenvalue weighted by molar-refractivity contribution is -0.111. The quantitative estimate of drug-likeness (QED) is 0.456. The Morgan fingerprint density at radius 3 is 2.19 bits per heavy atom. The summed E-state index contributed by atoms with van der Waals surface area (Å²) in [7, 11) is 0. The lowest BCUT2D eigenvalue weighted by atomic mass is 10.1. The van der Waals surface area contributed by atoms with Gasteiger partial charge in [-0.3, -0.25) is 4.79 Å². The van der Waals surface area contributed by atoms with Crippen molar-refractivity contribution >= 4 is 46.1 Å². The minimum atomic E-state index is -0.470. The third-order valence-electron chi connectivity index (χ3n) is 3.47. The van der Waals surface area contributed by atoms with Gasteiger partial charge >= 0.3 is 0 Å². The minimum absolute atomic E-state index is 0.00809. The number of aliphatic hydroxyl groups excluding tert-OH is 1. The molecule has 132 valence electrons. The summed E-state index contributed by atoms with van der Waals surface area (Å²) >= 11 is 12.0. The van der Waals surface area contributed by atoms with E-state index >= 15 is 0 Å². The maximum absolute atomic E-state index is 12.1. The highest BCUT2D eigenvalue weighted by molar-refractivity contribution is 6.34. The van der Waals surface area contributed by atoms with Gasteiger partial charge in [-0.2, -0.15) is 0 Å². The number of aliphatic hydroxyl groups is 1. The van der Waals surface area contributed by atoms with Gasteiger partial charge in [-0.15, -0.1) is 0 Å². The Kier molecular flexibility index (Phi) is 4.88. The highest BCUT2D eigenvalue weighted by Crippen LogP contribution is 2.31. The van der Waals surface area contributed by atoms with Crippen LogP contribution in [0.3, 0.4) is 0 Å². The molecule has 0 amide bonds. The summed E-state index contributed by atoms with van der Waals surface area (Å²) in [5.74, 6) is -0.812. The predicted molar refractivity (Wildman–Crippen MR) is 101 cm³/mol. The molecule has 0 spiro atoms. The molecule has 3 rings (SSSR count). The van der Waals surface area contributed by atoms with Gasteiger partial charge in [-0.1, -0.05) is 23.2 Å². The van der Waals surface area contributed by atoms with Crippen molar-refractivity contribution in [2.45, 2.75) is 0 Å². The largest absolute Gasteiger partial charge is 0.508 e. The second-order valence-corrected chi connectivity index (χ2v) is 6.19. The fourth-order valence-electron chi connectivity index (χ4n) is 2.21. The van der Waals surface area contributed by atoms with E-state index in [9.17, 15) is 20.1 Å². The van der Waals surface area contributed by atoms with E-state index < -0.39 is 5.78 Å². The number of phenols is 2. The van der Waals surface area contributed by atoms with Crippen LogP contribution in [-0.4, -0.2) is 26.8 Å². The molecule has 1 aliphatic rings. The molecule has 0 radical (unpaired) electrons. The number of hydrogen-bond acceptors (Lipinski definition) is 6. The van der Waals surface area contributed by atoms with E-state index in [1.165, 1.54) is 42.5 Å². The smallest absolute Gasteiger partial charge is 0.205 e. The normalized spacial score (nSPS) is 15.6. The van der Waals surface area contributed by atoms with E-state index in [4.69, 9.17) is 23.2 Å². The first-order chi connectivity index (χ1) is 12.3. The number of nitrogens with zero attached hydrogens (tertiary/aromatic N) is 1. The first kappa shape index (κ1) is 17.8. The summed E-state index contributed by atoms with van der Waals surface area (Å²) in [6, 6.07) is 8.45. The summed E-state index contributed by atoms with van der Waals surface area (Å²) in [5.41, 5.74) is 0.950. The van der Waals surface area contributed by atoms with Crippen molar-refractivity contribution in [2.75, 3.05) is 5.32 Å². The van der Waals surface area contributed by atoms with Gasteiger partial charge in [-0.05, 0) is 30.3 Å². The number of halogens is 2. The average molecular weight is 391 g/mol. The molecule has 0 atom stereocenters. The third-order valence-corrected chi connectivity index (χ3v) is 4.09. The summed E-state index contributed by atoms with van der Waals surface area (Å²) in [6.45, 7) is 0. The van der Waals surface area contributed by atoms with Crippen molar-refractivity contribution in [3.8, 4) is 11.5 Å². The molecule has 0 aliphatic heterocycles. The van der Waals surface area contributed by atoms with Crippen molar-refractivity contribution in [3.63, 3.8) is 0 Å². The molecule has 6 nitrogen and oxygen atoms in total. The Bertz CT molecular complexity index is 997. The molecule has 0 saturated heterocycles. The van der Waals surface area contributed by atoms with E-state index in [0.717, 1.165) is 6.08 Å². The molecule has 0 heterocycles. The van der Waals surface area contributed by atoms with Crippen LogP contribution in [0.4, 0.5) is 11.4 Å². The van der Waals surface area contributed by atoms with E-state index in [2.05, 4.69) is 10.3 Å². The van der Waals surface area contributed by atoms with Crippen molar-refractivity contribution in [2.24, 2.45) is 4.99 Å². The van der Waals surface area contributed by atoms with Gasteiger partial charge in [-0.25, -0.2) is 4.99 Å². The molecule has 0 fully saturated rings. The van der Waals surface area contributed by atoms with E-state index in [1.807, 2.05) is 0 Å². The molecule has 0 saturated carbocycles. The maximum Gasteiger partial charge on any atom is 0.205 e. The summed E-state index contributed by atoms with van der Waals surface area (Å²) in [4.78, 5) is 16.3. The van der Waals surface area contributed by atoms with Crippen molar-refractivity contribution in [1.29, 1.82) is 0 Å². The van der Waals surface area contributed by atoms with Crippen LogP contribution in [0.2, 0.25) is 10.0 Å². The van der Waals surface area contributed by atoms with Crippen molar-refractivity contribution in [1.82, 2.24) is 0 Å². The van der Waals surface area contributed by atoms with Gasteiger partial charge in [0.25, 0.3) is 0 Å². The highest BCUT2D eigenvalue weighted by Gasteiger charge is 2.20. The number of phenolic OH excluding ortho intramolecular Hbond substituents is 2. The number of nitrogens with one attached hydrogen (secondary N) is 1. The molecule has 2 aromatic carbocycles. The fourth-order valence-corrected chi connectivity index (χ4v) is 2.65. The van der Waals surface area contributed by atoms with E-state index in [-0.39, 0.29) is 38.7 Å². The van der Waals surface area contributed by atoms with Crippen LogP contribution in [-0.2, 0) is 4.79 Å².